The Bertz CT molecular complexity index is 723. The monoisotopic (exact) mass is 373 g/mol. The van der Waals surface area contributed by atoms with E-state index in [4.69, 9.17) is 9.47 Å². The van der Waals surface area contributed by atoms with E-state index >= 15 is 0 Å². The van der Waals surface area contributed by atoms with Gasteiger partial charge in [-0.3, -0.25) is 4.79 Å². The molecule has 4 rings (SSSR count). The highest BCUT2D eigenvalue weighted by atomic mass is 16.6. The highest BCUT2D eigenvalue weighted by Crippen LogP contribution is 2.35. The number of urea groups is 1. The summed E-state index contributed by atoms with van der Waals surface area (Å²) in [5.74, 6) is 1.87. The van der Waals surface area contributed by atoms with Crippen LogP contribution in [0.2, 0.25) is 0 Å². The van der Waals surface area contributed by atoms with Crippen molar-refractivity contribution in [2.45, 2.75) is 51.1 Å². The summed E-state index contributed by atoms with van der Waals surface area (Å²) in [5, 5.41) is 6.06. The first-order valence-corrected chi connectivity index (χ1v) is 9.87. The molecule has 1 saturated carbocycles. The normalized spacial score (nSPS) is 27.4. The average molecular weight is 373 g/mol. The van der Waals surface area contributed by atoms with Gasteiger partial charge >= 0.3 is 6.03 Å². The van der Waals surface area contributed by atoms with Gasteiger partial charge < -0.3 is 25.0 Å². The van der Waals surface area contributed by atoms with Crippen molar-refractivity contribution in [2.75, 3.05) is 24.7 Å². The smallest absolute Gasteiger partial charge is 0.315 e. The number of carbonyl (C=O) groups excluding carboxylic acids is 2. The van der Waals surface area contributed by atoms with Gasteiger partial charge in [0, 0.05) is 30.8 Å². The van der Waals surface area contributed by atoms with E-state index in [1.54, 1.807) is 4.90 Å². The molecule has 3 aliphatic rings. The Morgan fingerprint density at radius 1 is 1.11 bits per heavy atom. The Labute approximate surface area is 159 Å². The van der Waals surface area contributed by atoms with Gasteiger partial charge in [0.1, 0.15) is 13.2 Å². The Morgan fingerprint density at radius 3 is 2.70 bits per heavy atom. The number of nitrogens with zero attached hydrogens (tertiary/aromatic N) is 1. The van der Waals surface area contributed by atoms with Crippen molar-refractivity contribution in [1.29, 1.82) is 0 Å². The van der Waals surface area contributed by atoms with Crippen molar-refractivity contribution in [3.63, 3.8) is 0 Å². The molecule has 0 aromatic heterocycles. The molecule has 0 unspecified atom stereocenters. The number of ether oxygens (including phenoxy) is 2. The molecule has 2 N–H and O–H groups in total. The maximum atomic E-state index is 12.5. The van der Waals surface area contributed by atoms with Gasteiger partial charge in [0.15, 0.2) is 11.5 Å². The van der Waals surface area contributed by atoms with Gasteiger partial charge in [-0.05, 0) is 30.9 Å². The molecule has 1 aromatic carbocycles. The van der Waals surface area contributed by atoms with Crippen LogP contribution in [0.25, 0.3) is 0 Å². The van der Waals surface area contributed by atoms with E-state index in [-0.39, 0.29) is 24.0 Å². The first-order chi connectivity index (χ1) is 13.1. The lowest BCUT2D eigenvalue weighted by Gasteiger charge is -2.30. The molecular weight excluding hydrogens is 346 g/mol. The zero-order valence-corrected chi connectivity index (χ0v) is 15.7. The summed E-state index contributed by atoms with van der Waals surface area (Å²) in [6.45, 7) is 3.70. The molecule has 3 atom stereocenters. The molecule has 1 aliphatic carbocycles. The lowest BCUT2D eigenvalue weighted by molar-refractivity contribution is -0.117. The number of amides is 3. The first kappa shape index (κ1) is 17.9. The van der Waals surface area contributed by atoms with Crippen LogP contribution in [0.15, 0.2) is 18.2 Å². The summed E-state index contributed by atoms with van der Waals surface area (Å²) in [5.41, 5.74) is 0.773. The van der Waals surface area contributed by atoms with E-state index in [2.05, 4.69) is 17.6 Å². The van der Waals surface area contributed by atoms with Crippen molar-refractivity contribution >= 4 is 17.6 Å². The van der Waals surface area contributed by atoms with Crippen LogP contribution in [0, 0.1) is 5.92 Å². The molecule has 2 fully saturated rings. The van der Waals surface area contributed by atoms with Gasteiger partial charge in [-0.25, -0.2) is 4.79 Å². The van der Waals surface area contributed by atoms with Crippen molar-refractivity contribution in [2.24, 2.45) is 5.92 Å². The number of carbonyl (C=O) groups is 2. The average Bonchev–Trinajstić information content (AvgIpc) is 3.03. The van der Waals surface area contributed by atoms with Crippen LogP contribution in [-0.4, -0.2) is 43.8 Å². The first-order valence-electron chi connectivity index (χ1n) is 9.87. The molecule has 27 heavy (non-hydrogen) atoms. The van der Waals surface area contributed by atoms with E-state index in [0.717, 1.165) is 24.9 Å². The van der Waals surface area contributed by atoms with Crippen LogP contribution in [0.4, 0.5) is 10.5 Å². The van der Waals surface area contributed by atoms with Crippen LogP contribution in [-0.2, 0) is 4.79 Å². The summed E-state index contributed by atoms with van der Waals surface area (Å²) < 4.78 is 11.1. The second kappa shape index (κ2) is 7.66. The Balaban J connectivity index is 1.35. The summed E-state index contributed by atoms with van der Waals surface area (Å²) >= 11 is 0. The highest BCUT2D eigenvalue weighted by molar-refractivity contribution is 5.97. The van der Waals surface area contributed by atoms with Gasteiger partial charge in [0.05, 0.1) is 6.04 Å². The minimum Gasteiger partial charge on any atom is -0.486 e. The third kappa shape index (κ3) is 3.96. The zero-order valence-electron chi connectivity index (χ0n) is 15.7. The van der Waals surface area contributed by atoms with E-state index in [1.165, 1.54) is 6.42 Å². The third-order valence-corrected chi connectivity index (χ3v) is 5.73. The molecule has 1 saturated heterocycles. The van der Waals surface area contributed by atoms with Crippen molar-refractivity contribution < 1.29 is 19.1 Å². The third-order valence-electron chi connectivity index (χ3n) is 5.73. The molecule has 7 nitrogen and oxygen atoms in total. The molecule has 0 radical (unpaired) electrons. The van der Waals surface area contributed by atoms with E-state index in [0.29, 0.717) is 43.6 Å². The van der Waals surface area contributed by atoms with Gasteiger partial charge in [-0.15, -0.1) is 0 Å². The van der Waals surface area contributed by atoms with Gasteiger partial charge in [-0.2, -0.15) is 0 Å². The van der Waals surface area contributed by atoms with Gasteiger partial charge in [0.25, 0.3) is 0 Å². The molecule has 1 aromatic rings. The quantitative estimate of drug-likeness (QED) is 0.853. The maximum Gasteiger partial charge on any atom is 0.315 e. The van der Waals surface area contributed by atoms with Crippen molar-refractivity contribution in [3.05, 3.63) is 18.2 Å². The number of anilines is 1. The lowest BCUT2D eigenvalue weighted by Crippen LogP contribution is -2.49. The molecule has 0 spiro atoms. The molecule has 2 aliphatic heterocycles. The molecule has 2 heterocycles. The number of rotatable bonds is 3. The topological polar surface area (TPSA) is 79.9 Å². The number of nitrogens with one attached hydrogen (secondary N) is 2. The Kier molecular flexibility index (Phi) is 5.09. The van der Waals surface area contributed by atoms with Crippen molar-refractivity contribution in [3.8, 4) is 11.5 Å². The molecule has 3 amide bonds. The van der Waals surface area contributed by atoms with E-state index < -0.39 is 0 Å². The fraction of sp³-hybridized carbons (Fsp3) is 0.600. The SMILES string of the molecule is C[C@@H]1CCCC[C@@H]1NC(=O)N[C@H]1CC(=O)N(c2ccc3c(c2)OCCO3)C1. The van der Waals surface area contributed by atoms with Crippen LogP contribution in [0.5, 0.6) is 11.5 Å². The predicted octanol–water partition coefficient (Wildman–Crippen LogP) is 2.44. The predicted molar refractivity (Wildman–Crippen MR) is 101 cm³/mol. The number of hydrogen-bond donors (Lipinski definition) is 2. The minimum absolute atomic E-state index is 0.00279. The summed E-state index contributed by atoms with van der Waals surface area (Å²) in [7, 11) is 0. The fourth-order valence-corrected chi connectivity index (χ4v) is 4.18. The number of fused-ring (bicyclic) bond motifs is 1. The second-order valence-corrected chi connectivity index (χ2v) is 7.72. The van der Waals surface area contributed by atoms with Gasteiger partial charge in [0.2, 0.25) is 5.91 Å². The second-order valence-electron chi connectivity index (χ2n) is 7.72. The fourth-order valence-electron chi connectivity index (χ4n) is 4.18. The molecule has 7 heteroatoms. The Hall–Kier alpha value is -2.44. The largest absolute Gasteiger partial charge is 0.486 e. The van der Waals surface area contributed by atoms with Crippen LogP contribution < -0.4 is 25.0 Å². The standard InChI is InChI=1S/C20H27N3O4/c1-13-4-2-3-5-16(13)22-20(25)21-14-10-19(24)23(12-14)15-6-7-17-18(11-15)27-9-8-26-17/h6-7,11,13-14,16H,2-5,8-10,12H2,1H3,(H2,21,22,25)/t13-,14+,16+/m1/s1. The summed E-state index contributed by atoms with van der Waals surface area (Å²) in [4.78, 5) is 26.5. The molecule has 0 bridgehead atoms. The zero-order chi connectivity index (χ0) is 18.8. The molecule has 146 valence electrons. The summed E-state index contributed by atoms with van der Waals surface area (Å²) in [6, 6.07) is 5.38. The van der Waals surface area contributed by atoms with E-state index in [9.17, 15) is 9.59 Å². The Morgan fingerprint density at radius 2 is 1.89 bits per heavy atom. The molecular formula is C20H27N3O4. The van der Waals surface area contributed by atoms with E-state index in [1.807, 2.05) is 18.2 Å². The maximum absolute atomic E-state index is 12.5. The van der Waals surface area contributed by atoms with Crippen LogP contribution in [0.1, 0.15) is 39.0 Å². The van der Waals surface area contributed by atoms with Crippen LogP contribution >= 0.6 is 0 Å². The highest BCUT2D eigenvalue weighted by Gasteiger charge is 2.33. The number of hydrogen-bond acceptors (Lipinski definition) is 4. The van der Waals surface area contributed by atoms with Crippen molar-refractivity contribution in [1.82, 2.24) is 10.6 Å². The van der Waals surface area contributed by atoms with Crippen LogP contribution in [0.3, 0.4) is 0 Å². The minimum atomic E-state index is -0.190. The lowest BCUT2D eigenvalue weighted by atomic mass is 9.86. The number of benzene rings is 1. The van der Waals surface area contributed by atoms with Gasteiger partial charge in [-0.1, -0.05) is 19.8 Å². The summed E-state index contributed by atoms with van der Waals surface area (Å²) in [6.07, 6.45) is 4.89.